The Kier molecular flexibility index (Phi) is 5.29. The zero-order valence-electron chi connectivity index (χ0n) is 13.1. The first-order valence-electron chi connectivity index (χ1n) is 6.97. The van der Waals surface area contributed by atoms with E-state index in [2.05, 4.69) is 20.2 Å². The van der Waals surface area contributed by atoms with E-state index in [1.165, 1.54) is 12.0 Å². The van der Waals surface area contributed by atoms with Gasteiger partial charge in [0.25, 0.3) is 0 Å². The van der Waals surface area contributed by atoms with Crippen LogP contribution in [0.25, 0.3) is 11.4 Å². The Morgan fingerprint density at radius 1 is 1.39 bits per heavy atom. The molecule has 0 unspecified atom stereocenters. The van der Waals surface area contributed by atoms with Crippen molar-refractivity contribution in [1.29, 1.82) is 0 Å². The first kappa shape index (κ1) is 16.5. The molecule has 0 radical (unpaired) electrons. The molecule has 23 heavy (non-hydrogen) atoms. The monoisotopic (exact) mass is 318 g/mol. The van der Waals surface area contributed by atoms with Crippen molar-refractivity contribution in [3.05, 3.63) is 36.2 Å². The molecule has 2 rings (SSSR count). The predicted molar refractivity (Wildman–Crippen MR) is 81.2 cm³/mol. The van der Waals surface area contributed by atoms with Crippen molar-refractivity contribution in [2.24, 2.45) is 0 Å². The second-order valence-corrected chi connectivity index (χ2v) is 4.95. The zero-order valence-corrected chi connectivity index (χ0v) is 13.1. The molecule has 2 aromatic rings. The molecule has 0 saturated heterocycles. The lowest BCUT2D eigenvalue weighted by Crippen LogP contribution is -2.45. The molecule has 2 aromatic heterocycles. The van der Waals surface area contributed by atoms with Gasteiger partial charge in [0.1, 0.15) is 11.7 Å². The third kappa shape index (κ3) is 4.29. The van der Waals surface area contributed by atoms with Crippen LogP contribution in [0.4, 0.5) is 4.79 Å². The molecule has 0 aliphatic carbocycles. The smallest absolute Gasteiger partial charge is 0.407 e. The number of ether oxygens (including phenoxy) is 1. The highest BCUT2D eigenvalue weighted by Crippen LogP contribution is 2.17. The van der Waals surface area contributed by atoms with E-state index >= 15 is 0 Å². The SMILES string of the molecule is COC(=O)N[C@@H](C)C(=O)N(C)Cc1cc(-c2ccccn2)no1. The quantitative estimate of drug-likeness (QED) is 0.896. The zero-order chi connectivity index (χ0) is 16.8. The maximum absolute atomic E-state index is 12.2. The topological polar surface area (TPSA) is 97.6 Å². The standard InChI is InChI=1S/C15H18N4O4/c1-10(17-15(21)22-3)14(20)19(2)9-11-8-13(18-23-11)12-6-4-5-7-16-12/h4-8,10H,9H2,1-3H3,(H,17,21)/t10-/m0/s1. The maximum Gasteiger partial charge on any atom is 0.407 e. The Morgan fingerprint density at radius 3 is 2.83 bits per heavy atom. The van der Waals surface area contributed by atoms with E-state index in [0.717, 1.165) is 0 Å². The highest BCUT2D eigenvalue weighted by molar-refractivity contribution is 5.85. The number of hydrogen-bond acceptors (Lipinski definition) is 6. The number of likely N-dealkylation sites (N-methyl/N-ethyl adjacent to an activating group) is 1. The number of rotatable bonds is 5. The summed E-state index contributed by atoms with van der Waals surface area (Å²) in [6.45, 7) is 1.81. The number of pyridine rings is 1. The van der Waals surface area contributed by atoms with E-state index in [-0.39, 0.29) is 12.5 Å². The normalized spacial score (nSPS) is 11.6. The number of nitrogens with one attached hydrogen (secondary N) is 1. The summed E-state index contributed by atoms with van der Waals surface area (Å²) in [6.07, 6.45) is 1.01. The predicted octanol–water partition coefficient (Wildman–Crippen LogP) is 1.44. The summed E-state index contributed by atoms with van der Waals surface area (Å²) in [5.41, 5.74) is 1.29. The lowest BCUT2D eigenvalue weighted by Gasteiger charge is -2.20. The second kappa shape index (κ2) is 7.39. The number of amides is 2. The van der Waals surface area contributed by atoms with Crippen LogP contribution in [-0.2, 0) is 16.1 Å². The average molecular weight is 318 g/mol. The molecule has 0 bridgehead atoms. The van der Waals surface area contributed by atoms with E-state index in [9.17, 15) is 9.59 Å². The van der Waals surface area contributed by atoms with Gasteiger partial charge in [0.05, 0.1) is 19.3 Å². The Bertz CT molecular complexity index is 671. The van der Waals surface area contributed by atoms with Crippen molar-refractivity contribution < 1.29 is 18.8 Å². The van der Waals surface area contributed by atoms with Gasteiger partial charge in [0.2, 0.25) is 5.91 Å². The molecule has 2 amide bonds. The number of carbonyl (C=O) groups is 2. The summed E-state index contributed by atoms with van der Waals surface area (Å²) >= 11 is 0. The van der Waals surface area contributed by atoms with E-state index in [1.54, 1.807) is 26.2 Å². The molecule has 0 aliphatic rings. The van der Waals surface area contributed by atoms with Gasteiger partial charge >= 0.3 is 6.09 Å². The highest BCUT2D eigenvalue weighted by Gasteiger charge is 2.21. The summed E-state index contributed by atoms with van der Waals surface area (Å²) in [4.78, 5) is 28.9. The fraction of sp³-hybridized carbons (Fsp3) is 0.333. The minimum absolute atomic E-state index is 0.228. The Hall–Kier alpha value is -2.90. The van der Waals surface area contributed by atoms with Gasteiger partial charge < -0.3 is 19.5 Å². The molecule has 0 aliphatic heterocycles. The van der Waals surface area contributed by atoms with Crippen LogP contribution in [0.2, 0.25) is 0 Å². The first-order valence-corrected chi connectivity index (χ1v) is 6.97. The first-order chi connectivity index (χ1) is 11.0. The fourth-order valence-electron chi connectivity index (χ4n) is 1.96. The minimum Gasteiger partial charge on any atom is -0.453 e. The van der Waals surface area contributed by atoms with Gasteiger partial charge in [-0.15, -0.1) is 0 Å². The maximum atomic E-state index is 12.2. The third-order valence-corrected chi connectivity index (χ3v) is 3.15. The van der Waals surface area contributed by atoms with Gasteiger partial charge in [-0.25, -0.2) is 4.79 Å². The molecular formula is C15H18N4O4. The number of methoxy groups -OCH3 is 1. The highest BCUT2D eigenvalue weighted by atomic mass is 16.5. The second-order valence-electron chi connectivity index (χ2n) is 4.95. The van der Waals surface area contributed by atoms with Crippen molar-refractivity contribution in [2.45, 2.75) is 19.5 Å². The van der Waals surface area contributed by atoms with Crippen LogP contribution >= 0.6 is 0 Å². The fourth-order valence-corrected chi connectivity index (χ4v) is 1.96. The van der Waals surface area contributed by atoms with Gasteiger partial charge in [-0.05, 0) is 19.1 Å². The summed E-state index contributed by atoms with van der Waals surface area (Å²) in [5, 5.41) is 6.36. The van der Waals surface area contributed by atoms with Crippen LogP contribution in [0.5, 0.6) is 0 Å². The van der Waals surface area contributed by atoms with Crippen LogP contribution in [0.3, 0.4) is 0 Å². The van der Waals surface area contributed by atoms with Crippen molar-refractivity contribution in [1.82, 2.24) is 20.4 Å². The third-order valence-electron chi connectivity index (χ3n) is 3.15. The molecule has 0 spiro atoms. The Labute approximate surface area is 133 Å². The summed E-state index contributed by atoms with van der Waals surface area (Å²) < 4.78 is 9.69. The van der Waals surface area contributed by atoms with Gasteiger partial charge in [-0.2, -0.15) is 0 Å². The summed E-state index contributed by atoms with van der Waals surface area (Å²) in [5.74, 6) is 0.248. The molecule has 0 aromatic carbocycles. The number of carbonyl (C=O) groups excluding carboxylic acids is 2. The van der Waals surface area contributed by atoms with Crippen LogP contribution in [0, 0.1) is 0 Å². The molecule has 8 nitrogen and oxygen atoms in total. The summed E-state index contributed by atoms with van der Waals surface area (Å²) in [7, 11) is 2.85. The average Bonchev–Trinajstić information content (AvgIpc) is 3.03. The Morgan fingerprint density at radius 2 is 2.17 bits per heavy atom. The van der Waals surface area contributed by atoms with Gasteiger partial charge in [0.15, 0.2) is 5.76 Å². The Balaban J connectivity index is 1.98. The van der Waals surface area contributed by atoms with Gasteiger partial charge in [0, 0.05) is 19.3 Å². The van der Waals surface area contributed by atoms with E-state index in [4.69, 9.17) is 4.52 Å². The van der Waals surface area contributed by atoms with Crippen LogP contribution < -0.4 is 5.32 Å². The lowest BCUT2D eigenvalue weighted by atomic mass is 10.2. The van der Waals surface area contributed by atoms with Crippen molar-refractivity contribution in [3.63, 3.8) is 0 Å². The van der Waals surface area contributed by atoms with Gasteiger partial charge in [-0.3, -0.25) is 9.78 Å². The molecule has 122 valence electrons. The molecule has 0 fully saturated rings. The molecule has 1 N–H and O–H groups in total. The molecule has 8 heteroatoms. The van der Waals surface area contributed by atoms with E-state index < -0.39 is 12.1 Å². The number of aromatic nitrogens is 2. The molecular weight excluding hydrogens is 300 g/mol. The number of nitrogens with zero attached hydrogens (tertiary/aromatic N) is 3. The van der Waals surface area contributed by atoms with Crippen molar-refractivity contribution >= 4 is 12.0 Å². The molecule has 0 saturated carbocycles. The van der Waals surface area contributed by atoms with Gasteiger partial charge in [-0.1, -0.05) is 11.2 Å². The number of hydrogen-bond donors (Lipinski definition) is 1. The lowest BCUT2D eigenvalue weighted by molar-refractivity contribution is -0.132. The van der Waals surface area contributed by atoms with E-state index in [0.29, 0.717) is 17.1 Å². The van der Waals surface area contributed by atoms with Crippen molar-refractivity contribution in [2.75, 3.05) is 14.2 Å². The van der Waals surface area contributed by atoms with Crippen LogP contribution in [-0.4, -0.2) is 47.2 Å². The summed E-state index contributed by atoms with van der Waals surface area (Å²) in [6, 6.07) is 6.51. The molecule has 2 heterocycles. The molecule has 1 atom stereocenters. The van der Waals surface area contributed by atoms with E-state index in [1.807, 2.05) is 18.2 Å². The van der Waals surface area contributed by atoms with Crippen molar-refractivity contribution in [3.8, 4) is 11.4 Å². The largest absolute Gasteiger partial charge is 0.453 e. The van der Waals surface area contributed by atoms with Crippen LogP contribution in [0.15, 0.2) is 35.0 Å². The number of alkyl carbamates (subject to hydrolysis) is 1. The van der Waals surface area contributed by atoms with Crippen LogP contribution in [0.1, 0.15) is 12.7 Å². The minimum atomic E-state index is -0.703.